The molecular weight excluding hydrogens is 204 g/mol. The number of rotatable bonds is 2. The van der Waals surface area contributed by atoms with Crippen LogP contribution >= 0.6 is 11.8 Å². The largest absolute Gasteiger partial charge is 0.383 e. The highest BCUT2D eigenvalue weighted by Crippen LogP contribution is 2.34. The third-order valence-electron chi connectivity index (χ3n) is 3.00. The molecule has 0 bridgehead atoms. The molecule has 2 rings (SSSR count). The van der Waals surface area contributed by atoms with E-state index in [1.54, 1.807) is 0 Å². The zero-order valence-corrected chi connectivity index (χ0v) is 10.4. The van der Waals surface area contributed by atoms with Gasteiger partial charge in [-0.2, -0.15) is 0 Å². The number of anilines is 1. The van der Waals surface area contributed by atoms with E-state index >= 15 is 0 Å². The zero-order chi connectivity index (χ0) is 10.9. The summed E-state index contributed by atoms with van der Waals surface area (Å²) in [7, 11) is 2.00. The molecule has 82 valence electrons. The van der Waals surface area contributed by atoms with Gasteiger partial charge in [-0.15, -0.1) is 11.8 Å². The molecular formula is C12H18N2S. The minimum absolute atomic E-state index is 0.0486. The van der Waals surface area contributed by atoms with E-state index in [2.05, 4.69) is 42.7 Å². The number of hydrogen-bond acceptors (Lipinski definition) is 3. The fraction of sp³-hybridized carbons (Fsp3) is 0.500. The smallest absolute Gasteiger partial charge is 0.0478 e. The molecule has 1 aromatic rings. The van der Waals surface area contributed by atoms with E-state index in [1.165, 1.54) is 16.1 Å². The van der Waals surface area contributed by atoms with Crippen molar-refractivity contribution < 1.29 is 0 Å². The third-order valence-corrected chi connectivity index (χ3v) is 4.06. The van der Waals surface area contributed by atoms with Gasteiger partial charge in [-0.1, -0.05) is 6.07 Å². The Hall–Kier alpha value is -0.670. The van der Waals surface area contributed by atoms with Crippen LogP contribution in [0, 0.1) is 0 Å². The van der Waals surface area contributed by atoms with Crippen LogP contribution in [0.2, 0.25) is 0 Å². The summed E-state index contributed by atoms with van der Waals surface area (Å²) in [5, 5.41) is 6.75. The maximum atomic E-state index is 3.42. The summed E-state index contributed by atoms with van der Waals surface area (Å²) >= 11 is 1.94. The van der Waals surface area contributed by atoms with Crippen molar-refractivity contribution >= 4 is 17.4 Å². The predicted octanol–water partition coefficient (Wildman–Crippen LogP) is 2.66. The highest BCUT2D eigenvalue weighted by atomic mass is 32.2. The molecule has 0 saturated heterocycles. The molecule has 0 aliphatic carbocycles. The topological polar surface area (TPSA) is 24.1 Å². The van der Waals surface area contributed by atoms with Gasteiger partial charge in [0.1, 0.15) is 0 Å². The Bertz CT molecular complexity index is 361. The van der Waals surface area contributed by atoms with Gasteiger partial charge in [0.2, 0.25) is 0 Å². The van der Waals surface area contributed by atoms with Gasteiger partial charge in [0.05, 0.1) is 0 Å². The number of benzene rings is 1. The fourth-order valence-electron chi connectivity index (χ4n) is 1.67. The van der Waals surface area contributed by atoms with Crippen LogP contribution in [0.3, 0.4) is 0 Å². The van der Waals surface area contributed by atoms with Crippen LogP contribution in [0.4, 0.5) is 5.69 Å². The summed E-state index contributed by atoms with van der Waals surface area (Å²) in [6.45, 7) is 5.48. The minimum Gasteiger partial charge on any atom is -0.383 e. The molecule has 0 atom stereocenters. The lowest BCUT2D eigenvalue weighted by molar-refractivity contribution is 0.444. The number of thioether (sulfide) groups is 1. The van der Waals surface area contributed by atoms with E-state index in [-0.39, 0.29) is 5.54 Å². The first-order valence-electron chi connectivity index (χ1n) is 5.33. The van der Waals surface area contributed by atoms with Crippen molar-refractivity contribution in [3.8, 4) is 0 Å². The SMILES string of the molecule is CNC(C)(C)c1ccc2c(c1)SCCN2. The van der Waals surface area contributed by atoms with Gasteiger partial charge in [-0.3, -0.25) is 0 Å². The zero-order valence-electron chi connectivity index (χ0n) is 9.55. The van der Waals surface area contributed by atoms with Gasteiger partial charge in [-0.05, 0) is 38.6 Å². The van der Waals surface area contributed by atoms with Gasteiger partial charge < -0.3 is 10.6 Å². The Morgan fingerprint density at radius 3 is 2.93 bits per heavy atom. The Morgan fingerprint density at radius 2 is 2.20 bits per heavy atom. The van der Waals surface area contributed by atoms with Crippen molar-refractivity contribution in [3.05, 3.63) is 23.8 Å². The lowest BCUT2D eigenvalue weighted by Crippen LogP contribution is -2.33. The van der Waals surface area contributed by atoms with Crippen molar-refractivity contribution in [2.75, 3.05) is 24.7 Å². The summed E-state index contributed by atoms with van der Waals surface area (Å²) in [6.07, 6.45) is 0. The van der Waals surface area contributed by atoms with Crippen molar-refractivity contribution in [3.63, 3.8) is 0 Å². The molecule has 0 fully saturated rings. The highest BCUT2D eigenvalue weighted by Gasteiger charge is 2.19. The van der Waals surface area contributed by atoms with E-state index in [0.717, 1.165) is 12.3 Å². The van der Waals surface area contributed by atoms with E-state index in [0.29, 0.717) is 0 Å². The first kappa shape index (κ1) is 10.8. The van der Waals surface area contributed by atoms with E-state index in [9.17, 15) is 0 Å². The molecule has 15 heavy (non-hydrogen) atoms. The van der Waals surface area contributed by atoms with Crippen LogP contribution in [0.25, 0.3) is 0 Å². The molecule has 3 heteroatoms. The van der Waals surface area contributed by atoms with Crippen molar-refractivity contribution in [2.45, 2.75) is 24.3 Å². The molecule has 0 saturated carbocycles. The Balaban J connectivity index is 2.36. The van der Waals surface area contributed by atoms with E-state index < -0.39 is 0 Å². The average Bonchev–Trinajstić information content (AvgIpc) is 2.28. The normalized spacial score (nSPS) is 15.7. The summed E-state index contributed by atoms with van der Waals surface area (Å²) in [6, 6.07) is 6.69. The second kappa shape index (κ2) is 4.06. The number of nitrogens with one attached hydrogen (secondary N) is 2. The summed E-state index contributed by atoms with van der Waals surface area (Å²) in [5.74, 6) is 1.16. The van der Waals surface area contributed by atoms with E-state index in [4.69, 9.17) is 0 Å². The molecule has 0 aromatic heterocycles. The molecule has 0 spiro atoms. The van der Waals surface area contributed by atoms with Gasteiger partial charge >= 0.3 is 0 Å². The summed E-state index contributed by atoms with van der Waals surface area (Å²) < 4.78 is 0. The minimum atomic E-state index is 0.0486. The maximum absolute atomic E-state index is 3.42. The predicted molar refractivity (Wildman–Crippen MR) is 67.7 cm³/mol. The van der Waals surface area contributed by atoms with Gasteiger partial charge in [0, 0.05) is 28.4 Å². The second-order valence-corrected chi connectivity index (χ2v) is 5.50. The quantitative estimate of drug-likeness (QED) is 0.804. The molecule has 0 amide bonds. The molecule has 0 radical (unpaired) electrons. The first-order valence-corrected chi connectivity index (χ1v) is 6.32. The lowest BCUT2D eigenvalue weighted by Gasteiger charge is -2.27. The van der Waals surface area contributed by atoms with Gasteiger partial charge in [0.15, 0.2) is 0 Å². The molecule has 1 aromatic carbocycles. The number of hydrogen-bond donors (Lipinski definition) is 2. The Kier molecular flexibility index (Phi) is 2.94. The monoisotopic (exact) mass is 222 g/mol. The van der Waals surface area contributed by atoms with Crippen molar-refractivity contribution in [1.29, 1.82) is 0 Å². The Labute approximate surface area is 95.8 Å². The maximum Gasteiger partial charge on any atom is 0.0478 e. The van der Waals surface area contributed by atoms with Gasteiger partial charge in [0.25, 0.3) is 0 Å². The molecule has 2 nitrogen and oxygen atoms in total. The second-order valence-electron chi connectivity index (χ2n) is 4.36. The summed E-state index contributed by atoms with van der Waals surface area (Å²) in [4.78, 5) is 1.38. The lowest BCUT2D eigenvalue weighted by atomic mass is 9.94. The molecule has 1 heterocycles. The fourth-order valence-corrected chi connectivity index (χ4v) is 2.60. The molecule has 1 aliphatic rings. The molecule has 1 aliphatic heterocycles. The van der Waals surface area contributed by atoms with Crippen LogP contribution in [0.1, 0.15) is 19.4 Å². The molecule has 2 N–H and O–H groups in total. The standard InChI is InChI=1S/C12H18N2S/c1-12(2,13-3)9-4-5-10-11(8-9)15-7-6-14-10/h4-5,8,13-14H,6-7H2,1-3H3. The van der Waals surface area contributed by atoms with Crippen LogP contribution in [0.15, 0.2) is 23.1 Å². The number of fused-ring (bicyclic) bond motifs is 1. The van der Waals surface area contributed by atoms with E-state index in [1.807, 2.05) is 18.8 Å². The average molecular weight is 222 g/mol. The highest BCUT2D eigenvalue weighted by molar-refractivity contribution is 7.99. The van der Waals surface area contributed by atoms with Crippen LogP contribution in [0.5, 0.6) is 0 Å². The van der Waals surface area contributed by atoms with Crippen molar-refractivity contribution in [2.24, 2.45) is 0 Å². The molecule has 0 unspecified atom stereocenters. The van der Waals surface area contributed by atoms with Crippen LogP contribution in [-0.2, 0) is 5.54 Å². The Morgan fingerprint density at radius 1 is 1.40 bits per heavy atom. The summed E-state index contributed by atoms with van der Waals surface area (Å²) in [5.41, 5.74) is 2.68. The van der Waals surface area contributed by atoms with Crippen LogP contribution in [-0.4, -0.2) is 19.3 Å². The third kappa shape index (κ3) is 2.13. The van der Waals surface area contributed by atoms with Gasteiger partial charge in [-0.25, -0.2) is 0 Å². The van der Waals surface area contributed by atoms with Crippen LogP contribution < -0.4 is 10.6 Å². The van der Waals surface area contributed by atoms with Crippen molar-refractivity contribution in [1.82, 2.24) is 5.32 Å². The first-order chi connectivity index (χ1) is 7.13.